The summed E-state index contributed by atoms with van der Waals surface area (Å²) in [6.07, 6.45) is -0.298. The Morgan fingerprint density at radius 1 is 0.935 bits per heavy atom. The molecule has 4 aromatic rings. The molecule has 0 radical (unpaired) electrons. The summed E-state index contributed by atoms with van der Waals surface area (Å²) in [5, 5.41) is 9.81. The van der Waals surface area contributed by atoms with Crippen LogP contribution in [0.15, 0.2) is 95.5 Å². The average Bonchev–Trinajstić information content (AvgIpc) is 3.40. The van der Waals surface area contributed by atoms with Crippen molar-refractivity contribution in [3.05, 3.63) is 112 Å². The molecule has 7 rings (SSSR count). The maximum absolute atomic E-state index is 15.8. The van der Waals surface area contributed by atoms with Gasteiger partial charge in [0.25, 0.3) is 11.8 Å². The zero-order valence-corrected chi connectivity index (χ0v) is 28.3. The first-order valence-corrected chi connectivity index (χ1v) is 19.2. The van der Waals surface area contributed by atoms with Crippen LogP contribution in [0.5, 0.6) is 11.5 Å². The molecule has 4 aromatic carbocycles. The number of fused-ring (bicyclic) bond motifs is 4. The minimum absolute atomic E-state index is 0.147. The standard InChI is InChI=1S/C36H34BrFN2O5Si/c1-22-33(46(2,3)38)32(18-19-41)45-36(22)27-20-24(37)14-17-28(27)39(35(36)43)21-23-12-15-25(16-13-23)40-29-9-5-7-11-31(29)44-30-10-6-4-8-26(30)34(40)42/h4-17,20,22,32-33,41H,18-19,21H2,1-3H3/t22-,32+,33-,36+/m1/s1. The molecule has 0 aromatic heterocycles. The molecule has 3 heterocycles. The number of aliphatic hydroxyl groups excluding tert-OH is 1. The zero-order chi connectivity index (χ0) is 32.4. The van der Waals surface area contributed by atoms with Gasteiger partial charge in [-0.2, -0.15) is 0 Å². The van der Waals surface area contributed by atoms with Crippen LogP contribution < -0.4 is 14.5 Å². The summed E-state index contributed by atoms with van der Waals surface area (Å²) in [5.74, 6) is 0.206. The van der Waals surface area contributed by atoms with Gasteiger partial charge in [0, 0.05) is 33.8 Å². The number of para-hydroxylation sites is 3. The van der Waals surface area contributed by atoms with Crippen molar-refractivity contribution in [2.75, 3.05) is 16.4 Å². The van der Waals surface area contributed by atoms with Crippen molar-refractivity contribution < 1.29 is 28.3 Å². The van der Waals surface area contributed by atoms with Crippen molar-refractivity contribution >= 4 is 53.2 Å². The van der Waals surface area contributed by atoms with E-state index in [1.807, 2.05) is 85.8 Å². The largest absolute Gasteiger partial charge is 0.454 e. The number of aliphatic hydroxyl groups is 1. The van der Waals surface area contributed by atoms with Gasteiger partial charge in [-0.3, -0.25) is 14.5 Å². The van der Waals surface area contributed by atoms with E-state index < -0.39 is 31.6 Å². The summed E-state index contributed by atoms with van der Waals surface area (Å²) < 4.78 is 29.4. The second-order valence-electron chi connectivity index (χ2n) is 12.7. The monoisotopic (exact) mass is 700 g/mol. The van der Waals surface area contributed by atoms with Crippen molar-refractivity contribution in [2.45, 2.75) is 50.2 Å². The molecule has 7 nitrogen and oxygen atoms in total. The van der Waals surface area contributed by atoms with Crippen LogP contribution in [0.25, 0.3) is 0 Å². The Hall–Kier alpha value is -3.83. The third-order valence-corrected chi connectivity index (χ3v) is 12.5. The molecule has 0 aliphatic carbocycles. The molecule has 3 aliphatic rings. The molecule has 236 valence electrons. The Morgan fingerprint density at radius 3 is 2.35 bits per heavy atom. The van der Waals surface area contributed by atoms with E-state index in [4.69, 9.17) is 9.47 Å². The summed E-state index contributed by atoms with van der Waals surface area (Å²) in [4.78, 5) is 31.7. The van der Waals surface area contributed by atoms with Gasteiger partial charge < -0.3 is 23.6 Å². The van der Waals surface area contributed by atoms with E-state index in [0.29, 0.717) is 34.0 Å². The molecular formula is C36H34BrFN2O5Si. The summed E-state index contributed by atoms with van der Waals surface area (Å²) in [6, 6.07) is 27.9. The van der Waals surface area contributed by atoms with Gasteiger partial charge >= 0.3 is 0 Å². The fourth-order valence-corrected chi connectivity index (χ4v) is 10.5. The molecule has 1 N–H and O–H groups in total. The Labute approximate surface area is 276 Å². The van der Waals surface area contributed by atoms with Crippen molar-refractivity contribution in [3.8, 4) is 11.5 Å². The number of amides is 2. The van der Waals surface area contributed by atoms with Crippen LogP contribution in [0.1, 0.15) is 34.8 Å². The number of rotatable bonds is 6. The Kier molecular flexibility index (Phi) is 7.67. The van der Waals surface area contributed by atoms with Gasteiger partial charge in [0.05, 0.1) is 29.6 Å². The highest BCUT2D eigenvalue weighted by atomic mass is 79.9. The fourth-order valence-electron chi connectivity index (χ4n) is 7.57. The summed E-state index contributed by atoms with van der Waals surface area (Å²) in [6.45, 7) is 5.33. The van der Waals surface area contributed by atoms with Crippen LogP contribution in [0.3, 0.4) is 0 Å². The van der Waals surface area contributed by atoms with Crippen molar-refractivity contribution in [1.29, 1.82) is 0 Å². The van der Waals surface area contributed by atoms with E-state index in [1.165, 1.54) is 0 Å². The zero-order valence-electron chi connectivity index (χ0n) is 25.7. The molecular weight excluding hydrogens is 667 g/mol. The molecule has 1 spiro atoms. The lowest BCUT2D eigenvalue weighted by Gasteiger charge is -2.31. The molecule has 3 aliphatic heterocycles. The molecule has 46 heavy (non-hydrogen) atoms. The lowest BCUT2D eigenvalue weighted by Crippen LogP contribution is -2.45. The van der Waals surface area contributed by atoms with Crippen LogP contribution in [0.4, 0.5) is 21.2 Å². The highest BCUT2D eigenvalue weighted by molar-refractivity contribution is 9.10. The van der Waals surface area contributed by atoms with Gasteiger partial charge in [-0.05, 0) is 79.7 Å². The molecule has 10 heteroatoms. The maximum atomic E-state index is 15.8. The van der Waals surface area contributed by atoms with E-state index in [0.717, 1.165) is 15.7 Å². The molecule has 0 unspecified atom stereocenters. The lowest BCUT2D eigenvalue weighted by atomic mass is 9.82. The SMILES string of the molecule is C[C@@H]1[C@@H]([Si](C)(C)F)[C@H](CCO)O[C@@]12C(=O)N(Cc1ccc(N3C(=O)c4ccccc4Oc4ccccc43)cc1)c1ccc(Br)cc12. The minimum atomic E-state index is -3.28. The van der Waals surface area contributed by atoms with E-state index in [9.17, 15) is 14.7 Å². The van der Waals surface area contributed by atoms with Gasteiger partial charge in [0.1, 0.15) is 5.75 Å². The van der Waals surface area contributed by atoms with Gasteiger partial charge in [-0.25, -0.2) is 0 Å². The average molecular weight is 702 g/mol. The van der Waals surface area contributed by atoms with E-state index >= 15 is 4.11 Å². The predicted molar refractivity (Wildman–Crippen MR) is 181 cm³/mol. The van der Waals surface area contributed by atoms with Crippen LogP contribution in [0, 0.1) is 5.92 Å². The van der Waals surface area contributed by atoms with Gasteiger partial charge in [-0.15, -0.1) is 0 Å². The quantitative estimate of drug-likeness (QED) is 0.162. The minimum Gasteiger partial charge on any atom is -0.454 e. The number of carbonyl (C=O) groups excluding carboxylic acids is 2. The number of nitrogens with zero attached hydrogens (tertiary/aromatic N) is 2. The third kappa shape index (κ3) is 4.81. The number of anilines is 3. The van der Waals surface area contributed by atoms with E-state index in [-0.39, 0.29) is 31.4 Å². The van der Waals surface area contributed by atoms with Crippen molar-refractivity contribution in [2.24, 2.45) is 5.92 Å². The highest BCUT2D eigenvalue weighted by Crippen LogP contribution is 2.60. The van der Waals surface area contributed by atoms with Crippen LogP contribution in [-0.4, -0.2) is 38.0 Å². The van der Waals surface area contributed by atoms with Gasteiger partial charge in [0.15, 0.2) is 11.4 Å². The van der Waals surface area contributed by atoms with Crippen LogP contribution in [-0.2, 0) is 21.7 Å². The number of hydrogen-bond donors (Lipinski definition) is 1. The molecule has 1 fully saturated rings. The molecule has 4 atom stereocenters. The number of carbonyl (C=O) groups is 2. The van der Waals surface area contributed by atoms with E-state index in [2.05, 4.69) is 15.9 Å². The predicted octanol–water partition coefficient (Wildman–Crippen LogP) is 8.24. The Morgan fingerprint density at radius 2 is 1.63 bits per heavy atom. The normalized spacial score (nSPS) is 23.7. The van der Waals surface area contributed by atoms with Crippen LogP contribution >= 0.6 is 15.9 Å². The first kappa shape index (κ1) is 30.8. The first-order valence-electron chi connectivity index (χ1n) is 15.4. The third-order valence-electron chi connectivity index (χ3n) is 9.52. The maximum Gasteiger partial charge on any atom is 0.266 e. The first-order chi connectivity index (χ1) is 22.0. The molecule has 0 bridgehead atoms. The summed E-state index contributed by atoms with van der Waals surface area (Å²) in [5.41, 5.74) is 2.22. The second-order valence-corrected chi connectivity index (χ2v) is 17.4. The van der Waals surface area contributed by atoms with Crippen LogP contribution in [0.2, 0.25) is 18.6 Å². The lowest BCUT2D eigenvalue weighted by molar-refractivity contribution is -0.146. The Balaban J connectivity index is 1.23. The molecule has 0 saturated carbocycles. The highest BCUT2D eigenvalue weighted by Gasteiger charge is 2.66. The number of halogens is 2. The van der Waals surface area contributed by atoms with Gasteiger partial charge in [-0.1, -0.05) is 59.3 Å². The second kappa shape index (κ2) is 11.4. The molecule has 2 amide bonds. The Bertz CT molecular complexity index is 1850. The number of ether oxygens (including phenoxy) is 2. The molecule has 1 saturated heterocycles. The topological polar surface area (TPSA) is 79.3 Å². The van der Waals surface area contributed by atoms with Crippen molar-refractivity contribution in [1.82, 2.24) is 0 Å². The number of hydrogen-bond acceptors (Lipinski definition) is 5. The van der Waals surface area contributed by atoms with E-state index in [1.54, 1.807) is 35.0 Å². The summed E-state index contributed by atoms with van der Waals surface area (Å²) in [7, 11) is -3.28. The summed E-state index contributed by atoms with van der Waals surface area (Å²) >= 11 is 3.57. The van der Waals surface area contributed by atoms with Gasteiger partial charge in [0.2, 0.25) is 8.41 Å². The fraction of sp³-hybridized carbons (Fsp3) is 0.278. The smallest absolute Gasteiger partial charge is 0.266 e. The number of benzene rings is 4. The van der Waals surface area contributed by atoms with Crippen molar-refractivity contribution in [3.63, 3.8) is 0 Å².